The Morgan fingerprint density at radius 2 is 2.12 bits per heavy atom. The molecule has 1 aromatic heterocycles. The van der Waals surface area contributed by atoms with Crippen molar-refractivity contribution in [1.82, 2.24) is 10.2 Å². The predicted octanol–water partition coefficient (Wildman–Crippen LogP) is 2.17. The van der Waals surface area contributed by atoms with Crippen molar-refractivity contribution in [2.45, 2.75) is 58.0 Å². The third kappa shape index (κ3) is 4.35. The van der Waals surface area contributed by atoms with E-state index in [0.29, 0.717) is 25.9 Å². The van der Waals surface area contributed by atoms with Crippen molar-refractivity contribution in [2.75, 3.05) is 6.54 Å². The number of carbonyl (C=O) groups is 3. The molecule has 0 fully saturated rings. The van der Waals surface area contributed by atoms with Crippen molar-refractivity contribution < 1.29 is 19.5 Å². The maximum Gasteiger partial charge on any atom is 0.329 e. The lowest BCUT2D eigenvalue weighted by Gasteiger charge is -2.28. The Morgan fingerprint density at radius 1 is 1.38 bits per heavy atom. The Morgan fingerprint density at radius 3 is 2.79 bits per heavy atom. The zero-order valence-corrected chi connectivity index (χ0v) is 14.9. The normalized spacial score (nSPS) is 16.2. The third-order valence-electron chi connectivity index (χ3n) is 4.36. The van der Waals surface area contributed by atoms with Gasteiger partial charge in [-0.25, -0.2) is 4.79 Å². The molecule has 1 aliphatic rings. The molecule has 0 saturated carbocycles. The molecule has 0 saturated heterocycles. The predicted molar refractivity (Wildman–Crippen MR) is 91.8 cm³/mol. The van der Waals surface area contributed by atoms with Gasteiger partial charge in [-0.05, 0) is 36.8 Å². The Balaban J connectivity index is 1.83. The van der Waals surface area contributed by atoms with Gasteiger partial charge in [-0.15, -0.1) is 11.3 Å². The summed E-state index contributed by atoms with van der Waals surface area (Å²) in [6.07, 6.45) is 1.98. The summed E-state index contributed by atoms with van der Waals surface area (Å²) >= 11 is 1.71. The minimum absolute atomic E-state index is 0.0123. The maximum atomic E-state index is 12.3. The van der Waals surface area contributed by atoms with Gasteiger partial charge in [-0.3, -0.25) is 9.59 Å². The second-order valence-corrected chi connectivity index (χ2v) is 7.37. The van der Waals surface area contributed by atoms with Gasteiger partial charge in [0.25, 0.3) is 0 Å². The van der Waals surface area contributed by atoms with E-state index in [1.54, 1.807) is 16.2 Å². The van der Waals surface area contributed by atoms with Gasteiger partial charge >= 0.3 is 5.97 Å². The van der Waals surface area contributed by atoms with Gasteiger partial charge in [0.05, 0.1) is 0 Å². The Kier molecular flexibility index (Phi) is 5.99. The van der Waals surface area contributed by atoms with Gasteiger partial charge in [-0.2, -0.15) is 0 Å². The molecule has 0 bridgehead atoms. The molecule has 1 aromatic rings. The van der Waals surface area contributed by atoms with Crippen LogP contribution in [0.4, 0.5) is 0 Å². The van der Waals surface area contributed by atoms with E-state index in [-0.39, 0.29) is 18.7 Å². The Labute approximate surface area is 145 Å². The van der Waals surface area contributed by atoms with Crippen LogP contribution in [0, 0.1) is 0 Å². The van der Waals surface area contributed by atoms with E-state index >= 15 is 0 Å². The molecule has 6 nitrogen and oxygen atoms in total. The standard InChI is InChI=1S/C17H24N2O4S/c1-3-8-17(2,16(22)23)18-14(20)4-5-15(21)19-9-6-13-12(11-19)7-10-24-13/h7,10H,3-6,8-9,11H2,1-2H3,(H,18,20)(H,22,23). The summed E-state index contributed by atoms with van der Waals surface area (Å²) in [5, 5.41) is 13.9. The van der Waals surface area contributed by atoms with Gasteiger partial charge in [0.1, 0.15) is 5.54 Å². The fourth-order valence-electron chi connectivity index (χ4n) is 2.93. The molecule has 2 amide bonds. The molecule has 132 valence electrons. The number of rotatable bonds is 7. The second-order valence-electron chi connectivity index (χ2n) is 6.37. The molecule has 0 aliphatic carbocycles. The van der Waals surface area contributed by atoms with Gasteiger partial charge in [-0.1, -0.05) is 13.3 Å². The highest BCUT2D eigenvalue weighted by Crippen LogP contribution is 2.24. The lowest BCUT2D eigenvalue weighted by atomic mass is 9.96. The molecule has 2 rings (SSSR count). The molecule has 1 atom stereocenters. The summed E-state index contributed by atoms with van der Waals surface area (Å²) in [5.41, 5.74) is -0.0866. The molecule has 0 radical (unpaired) electrons. The van der Waals surface area contributed by atoms with Crippen molar-refractivity contribution in [3.63, 3.8) is 0 Å². The molecule has 0 spiro atoms. The van der Waals surface area contributed by atoms with Crippen LogP contribution in [0.1, 0.15) is 50.0 Å². The zero-order chi connectivity index (χ0) is 17.7. The minimum Gasteiger partial charge on any atom is -0.480 e. The average Bonchev–Trinajstić information content (AvgIpc) is 3.00. The fraction of sp³-hybridized carbons (Fsp3) is 0.588. The largest absolute Gasteiger partial charge is 0.480 e. The lowest BCUT2D eigenvalue weighted by molar-refractivity contribution is -0.147. The first-order valence-electron chi connectivity index (χ1n) is 8.23. The molecule has 0 aromatic carbocycles. The maximum absolute atomic E-state index is 12.3. The van der Waals surface area contributed by atoms with Crippen LogP contribution in [-0.2, 0) is 27.3 Å². The van der Waals surface area contributed by atoms with Crippen molar-refractivity contribution in [1.29, 1.82) is 0 Å². The third-order valence-corrected chi connectivity index (χ3v) is 5.39. The smallest absolute Gasteiger partial charge is 0.329 e. The molecule has 2 heterocycles. The van der Waals surface area contributed by atoms with Gasteiger partial charge in [0, 0.05) is 30.8 Å². The summed E-state index contributed by atoms with van der Waals surface area (Å²) in [6, 6.07) is 2.04. The highest BCUT2D eigenvalue weighted by atomic mass is 32.1. The van der Waals surface area contributed by atoms with Crippen LogP contribution in [0.3, 0.4) is 0 Å². The number of hydrogen-bond donors (Lipinski definition) is 2. The summed E-state index contributed by atoms with van der Waals surface area (Å²) in [5.74, 6) is -1.51. The summed E-state index contributed by atoms with van der Waals surface area (Å²) in [7, 11) is 0. The molecular formula is C17H24N2O4S. The number of amides is 2. The SMILES string of the molecule is CCCC(C)(NC(=O)CCC(=O)N1CCc2sccc2C1)C(=O)O. The fourth-order valence-corrected chi connectivity index (χ4v) is 3.82. The van der Waals surface area contributed by atoms with Crippen LogP contribution in [0.15, 0.2) is 11.4 Å². The van der Waals surface area contributed by atoms with E-state index in [2.05, 4.69) is 5.32 Å². The molecule has 1 aliphatic heterocycles. The number of nitrogens with zero attached hydrogens (tertiary/aromatic N) is 1. The number of hydrogen-bond acceptors (Lipinski definition) is 4. The quantitative estimate of drug-likeness (QED) is 0.787. The van der Waals surface area contributed by atoms with Gasteiger partial charge < -0.3 is 15.3 Å². The van der Waals surface area contributed by atoms with Gasteiger partial charge in [0.15, 0.2) is 0 Å². The van der Waals surface area contributed by atoms with Crippen LogP contribution in [0.2, 0.25) is 0 Å². The number of nitrogens with one attached hydrogen (secondary N) is 1. The highest BCUT2D eigenvalue weighted by Gasteiger charge is 2.33. The summed E-state index contributed by atoms with van der Waals surface area (Å²) in [6.45, 7) is 4.64. The molecule has 7 heteroatoms. The van der Waals surface area contributed by atoms with Crippen LogP contribution >= 0.6 is 11.3 Å². The first kappa shape index (κ1) is 18.4. The van der Waals surface area contributed by atoms with E-state index in [9.17, 15) is 19.5 Å². The van der Waals surface area contributed by atoms with E-state index in [0.717, 1.165) is 6.42 Å². The van der Waals surface area contributed by atoms with E-state index < -0.39 is 17.4 Å². The first-order chi connectivity index (χ1) is 11.4. The van der Waals surface area contributed by atoms with Crippen LogP contribution in [0.5, 0.6) is 0 Å². The van der Waals surface area contributed by atoms with Crippen LogP contribution in [-0.4, -0.2) is 39.9 Å². The summed E-state index contributed by atoms with van der Waals surface area (Å²) < 4.78 is 0. The van der Waals surface area contributed by atoms with E-state index in [1.807, 2.05) is 18.4 Å². The highest BCUT2D eigenvalue weighted by molar-refractivity contribution is 7.10. The van der Waals surface area contributed by atoms with Crippen LogP contribution < -0.4 is 5.32 Å². The topological polar surface area (TPSA) is 86.7 Å². The Hall–Kier alpha value is -1.89. The first-order valence-corrected chi connectivity index (χ1v) is 9.11. The minimum atomic E-state index is -1.27. The van der Waals surface area contributed by atoms with Crippen molar-refractivity contribution in [3.05, 3.63) is 21.9 Å². The summed E-state index contributed by atoms with van der Waals surface area (Å²) in [4.78, 5) is 38.8. The van der Waals surface area contributed by atoms with Crippen molar-refractivity contribution in [3.8, 4) is 0 Å². The molecule has 1 unspecified atom stereocenters. The van der Waals surface area contributed by atoms with Gasteiger partial charge in [0.2, 0.25) is 11.8 Å². The molecule has 24 heavy (non-hydrogen) atoms. The second kappa shape index (κ2) is 7.79. The number of thiophene rings is 1. The lowest BCUT2D eigenvalue weighted by Crippen LogP contribution is -2.52. The average molecular weight is 352 g/mol. The number of fused-ring (bicyclic) bond motifs is 1. The van der Waals surface area contributed by atoms with Crippen molar-refractivity contribution >= 4 is 29.1 Å². The van der Waals surface area contributed by atoms with E-state index in [1.165, 1.54) is 17.4 Å². The number of carboxylic acids is 1. The zero-order valence-electron chi connectivity index (χ0n) is 14.1. The monoisotopic (exact) mass is 352 g/mol. The molecule has 2 N–H and O–H groups in total. The number of carboxylic acid groups (broad SMARTS) is 1. The van der Waals surface area contributed by atoms with Crippen LogP contribution in [0.25, 0.3) is 0 Å². The Bertz CT molecular complexity index is 628. The molecular weight excluding hydrogens is 328 g/mol. The van der Waals surface area contributed by atoms with Crippen molar-refractivity contribution in [2.24, 2.45) is 0 Å². The number of aliphatic carboxylic acids is 1. The number of carbonyl (C=O) groups excluding carboxylic acids is 2. The van der Waals surface area contributed by atoms with E-state index in [4.69, 9.17) is 0 Å².